The Morgan fingerprint density at radius 3 is 2.71 bits per heavy atom. The minimum Gasteiger partial charge on any atom is -0.444 e. The molecule has 3 rings (SSSR count). The number of cyclic esters (lactones) is 1. The lowest BCUT2D eigenvalue weighted by atomic mass is 9.93. The van der Waals surface area contributed by atoms with E-state index in [1.807, 2.05) is 29.2 Å². The topological polar surface area (TPSA) is 29.5 Å². The minimum absolute atomic E-state index is 0.171. The van der Waals surface area contributed by atoms with Gasteiger partial charge in [0.2, 0.25) is 0 Å². The number of fused-ring (bicyclic) bond motifs is 1. The summed E-state index contributed by atoms with van der Waals surface area (Å²) in [7, 11) is 0. The molecule has 0 spiro atoms. The summed E-state index contributed by atoms with van der Waals surface area (Å²) in [6.07, 6.45) is 5.76. The molecular formula is C14H17NO2. The Labute approximate surface area is 101 Å². The van der Waals surface area contributed by atoms with Crippen molar-refractivity contribution < 1.29 is 9.53 Å². The fraction of sp³-hybridized carbons (Fsp3) is 0.500. The van der Waals surface area contributed by atoms with Crippen molar-refractivity contribution in [2.45, 2.75) is 44.8 Å². The van der Waals surface area contributed by atoms with Crippen molar-refractivity contribution in [3.05, 3.63) is 29.8 Å². The van der Waals surface area contributed by atoms with Crippen LogP contribution in [0.15, 0.2) is 24.3 Å². The van der Waals surface area contributed by atoms with Crippen molar-refractivity contribution >= 4 is 11.8 Å². The molecule has 3 nitrogen and oxygen atoms in total. The van der Waals surface area contributed by atoms with E-state index in [1.165, 1.54) is 19.3 Å². The second kappa shape index (κ2) is 4.40. The van der Waals surface area contributed by atoms with Crippen molar-refractivity contribution in [1.29, 1.82) is 0 Å². The van der Waals surface area contributed by atoms with Crippen LogP contribution < -0.4 is 4.90 Å². The summed E-state index contributed by atoms with van der Waals surface area (Å²) in [6, 6.07) is 8.39. The Morgan fingerprint density at radius 2 is 1.88 bits per heavy atom. The largest absolute Gasteiger partial charge is 0.444 e. The predicted molar refractivity (Wildman–Crippen MR) is 66.0 cm³/mol. The normalized spacial score (nSPS) is 20.9. The third-order valence-corrected chi connectivity index (χ3v) is 3.74. The van der Waals surface area contributed by atoms with E-state index in [2.05, 4.69) is 0 Å². The van der Waals surface area contributed by atoms with Gasteiger partial charge in [0.25, 0.3) is 0 Å². The molecule has 1 aromatic rings. The van der Waals surface area contributed by atoms with E-state index in [0.29, 0.717) is 12.6 Å². The van der Waals surface area contributed by atoms with Gasteiger partial charge in [-0.2, -0.15) is 0 Å². The van der Waals surface area contributed by atoms with Gasteiger partial charge in [0.15, 0.2) is 0 Å². The molecule has 90 valence electrons. The zero-order valence-corrected chi connectivity index (χ0v) is 9.89. The molecule has 0 bridgehead atoms. The van der Waals surface area contributed by atoms with Gasteiger partial charge in [0.05, 0.1) is 5.69 Å². The van der Waals surface area contributed by atoms with Gasteiger partial charge in [-0.1, -0.05) is 37.5 Å². The van der Waals surface area contributed by atoms with Gasteiger partial charge in [-0.05, 0) is 18.9 Å². The third-order valence-electron chi connectivity index (χ3n) is 3.74. The molecule has 2 aliphatic rings. The highest BCUT2D eigenvalue weighted by atomic mass is 16.6. The number of para-hydroxylation sites is 1. The molecule has 3 heteroatoms. The molecule has 0 N–H and O–H groups in total. The van der Waals surface area contributed by atoms with E-state index in [1.54, 1.807) is 0 Å². The van der Waals surface area contributed by atoms with E-state index in [9.17, 15) is 4.79 Å². The number of benzene rings is 1. The Hall–Kier alpha value is -1.51. The maximum atomic E-state index is 12.0. The molecule has 1 fully saturated rings. The van der Waals surface area contributed by atoms with E-state index in [-0.39, 0.29) is 6.09 Å². The lowest BCUT2D eigenvalue weighted by Gasteiger charge is -2.37. The number of amides is 1. The zero-order valence-electron chi connectivity index (χ0n) is 9.89. The maximum Gasteiger partial charge on any atom is 0.414 e. The van der Waals surface area contributed by atoms with Gasteiger partial charge in [0.1, 0.15) is 6.61 Å². The second-order valence-electron chi connectivity index (χ2n) is 4.85. The number of rotatable bonds is 1. The summed E-state index contributed by atoms with van der Waals surface area (Å²) in [5.41, 5.74) is 2.17. The molecule has 0 atom stereocenters. The summed E-state index contributed by atoms with van der Waals surface area (Å²) < 4.78 is 5.26. The number of hydrogen-bond acceptors (Lipinski definition) is 2. The van der Waals surface area contributed by atoms with Crippen LogP contribution >= 0.6 is 0 Å². The van der Waals surface area contributed by atoms with Gasteiger partial charge < -0.3 is 4.74 Å². The average Bonchev–Trinajstić information content (AvgIpc) is 2.39. The molecular weight excluding hydrogens is 214 g/mol. The highest BCUT2D eigenvalue weighted by molar-refractivity contribution is 5.91. The lowest BCUT2D eigenvalue weighted by molar-refractivity contribution is 0.137. The van der Waals surface area contributed by atoms with Crippen molar-refractivity contribution in [2.75, 3.05) is 4.90 Å². The SMILES string of the molecule is O=C1OCc2ccccc2N1C1CCCCC1. The minimum atomic E-state index is -0.171. The standard InChI is InChI=1S/C14H17NO2/c16-14-15(12-7-2-1-3-8-12)13-9-5-4-6-11(13)10-17-14/h4-6,9,12H,1-3,7-8,10H2. The number of hydrogen-bond donors (Lipinski definition) is 0. The molecule has 0 radical (unpaired) electrons. The van der Waals surface area contributed by atoms with Gasteiger partial charge >= 0.3 is 6.09 Å². The smallest absolute Gasteiger partial charge is 0.414 e. The molecule has 1 aliphatic carbocycles. The second-order valence-corrected chi connectivity index (χ2v) is 4.85. The van der Waals surface area contributed by atoms with Crippen LogP contribution in [0.1, 0.15) is 37.7 Å². The van der Waals surface area contributed by atoms with Gasteiger partial charge in [0, 0.05) is 11.6 Å². The van der Waals surface area contributed by atoms with Gasteiger partial charge in [-0.3, -0.25) is 4.90 Å². The van der Waals surface area contributed by atoms with E-state index >= 15 is 0 Å². The van der Waals surface area contributed by atoms with Crippen molar-refractivity contribution in [2.24, 2.45) is 0 Å². The van der Waals surface area contributed by atoms with E-state index < -0.39 is 0 Å². The molecule has 0 unspecified atom stereocenters. The zero-order chi connectivity index (χ0) is 11.7. The first-order valence-corrected chi connectivity index (χ1v) is 6.40. The maximum absolute atomic E-state index is 12.0. The van der Waals surface area contributed by atoms with Crippen LogP contribution in [-0.2, 0) is 11.3 Å². The number of nitrogens with zero attached hydrogens (tertiary/aromatic N) is 1. The van der Waals surface area contributed by atoms with Crippen LogP contribution in [0.2, 0.25) is 0 Å². The first kappa shape index (κ1) is 10.6. The summed E-state index contributed by atoms with van der Waals surface area (Å²) in [5.74, 6) is 0. The summed E-state index contributed by atoms with van der Waals surface area (Å²) >= 11 is 0. The van der Waals surface area contributed by atoms with Gasteiger partial charge in [-0.25, -0.2) is 4.79 Å². The quantitative estimate of drug-likeness (QED) is 0.740. The summed E-state index contributed by atoms with van der Waals surface area (Å²) in [4.78, 5) is 13.8. The number of carbonyl (C=O) groups is 1. The van der Waals surface area contributed by atoms with Crippen LogP contribution in [-0.4, -0.2) is 12.1 Å². The van der Waals surface area contributed by atoms with Gasteiger partial charge in [-0.15, -0.1) is 0 Å². The van der Waals surface area contributed by atoms with E-state index in [0.717, 1.165) is 24.1 Å². The predicted octanol–water partition coefficient (Wildman–Crippen LogP) is 3.48. The molecule has 1 saturated carbocycles. The molecule has 0 saturated heterocycles. The first-order chi connectivity index (χ1) is 8.36. The molecule has 1 aromatic carbocycles. The van der Waals surface area contributed by atoms with Crippen LogP contribution in [0, 0.1) is 0 Å². The fourth-order valence-electron chi connectivity index (χ4n) is 2.86. The Bertz CT molecular complexity index is 424. The summed E-state index contributed by atoms with van der Waals surface area (Å²) in [6.45, 7) is 0.415. The monoisotopic (exact) mass is 231 g/mol. The van der Waals surface area contributed by atoms with Crippen LogP contribution in [0.5, 0.6) is 0 Å². The van der Waals surface area contributed by atoms with Crippen molar-refractivity contribution in [3.8, 4) is 0 Å². The molecule has 1 amide bonds. The van der Waals surface area contributed by atoms with Crippen molar-refractivity contribution in [3.63, 3.8) is 0 Å². The van der Waals surface area contributed by atoms with Crippen molar-refractivity contribution in [1.82, 2.24) is 0 Å². The molecule has 1 aliphatic heterocycles. The Balaban J connectivity index is 1.94. The number of ether oxygens (including phenoxy) is 1. The van der Waals surface area contributed by atoms with Crippen LogP contribution in [0.4, 0.5) is 10.5 Å². The number of carbonyl (C=O) groups excluding carboxylic acids is 1. The highest BCUT2D eigenvalue weighted by Gasteiger charge is 2.32. The lowest BCUT2D eigenvalue weighted by Crippen LogP contribution is -2.44. The summed E-state index contributed by atoms with van der Waals surface area (Å²) in [5, 5.41) is 0. The van der Waals surface area contributed by atoms with Crippen LogP contribution in [0.25, 0.3) is 0 Å². The molecule has 17 heavy (non-hydrogen) atoms. The fourth-order valence-corrected chi connectivity index (χ4v) is 2.86. The number of anilines is 1. The third kappa shape index (κ3) is 1.90. The molecule has 1 heterocycles. The van der Waals surface area contributed by atoms with E-state index in [4.69, 9.17) is 4.74 Å². The highest BCUT2D eigenvalue weighted by Crippen LogP contribution is 2.33. The average molecular weight is 231 g/mol. The Kier molecular flexibility index (Phi) is 2.75. The Morgan fingerprint density at radius 1 is 1.12 bits per heavy atom. The molecule has 0 aromatic heterocycles. The van der Waals surface area contributed by atoms with Crippen LogP contribution in [0.3, 0.4) is 0 Å². The first-order valence-electron chi connectivity index (χ1n) is 6.40.